The van der Waals surface area contributed by atoms with Crippen LogP contribution in [0.2, 0.25) is 0 Å². The van der Waals surface area contributed by atoms with E-state index in [0.717, 1.165) is 25.0 Å². The molecule has 0 aliphatic heterocycles. The molecule has 32 heavy (non-hydrogen) atoms. The number of nitrogens with zero attached hydrogens (tertiary/aromatic N) is 4. The Balaban J connectivity index is 1.57. The van der Waals surface area contributed by atoms with Gasteiger partial charge in [-0.2, -0.15) is 9.97 Å². The Morgan fingerprint density at radius 1 is 1.00 bits per heavy atom. The van der Waals surface area contributed by atoms with Gasteiger partial charge < -0.3 is 11.1 Å². The Labute approximate surface area is 182 Å². The minimum Gasteiger partial charge on any atom is -0.383 e. The van der Waals surface area contributed by atoms with Crippen molar-refractivity contribution in [2.24, 2.45) is 0 Å². The average molecular weight is 438 g/mol. The number of hydrogen-bond donors (Lipinski definition) is 2. The molecular formula is C23H21F3N6. The number of anilines is 3. The SMILES string of the molecule is CC(C)(F)c1ccc(Nc2nc(N)cc(-n3c(C4CC4)nc4cc(F)c(F)cc43)n2)cc1. The van der Waals surface area contributed by atoms with E-state index in [1.165, 1.54) is 13.8 Å². The molecule has 5 rings (SSSR count). The first kappa shape index (κ1) is 20.3. The van der Waals surface area contributed by atoms with E-state index in [0.29, 0.717) is 33.9 Å². The van der Waals surface area contributed by atoms with Gasteiger partial charge in [-0.1, -0.05) is 12.1 Å². The Morgan fingerprint density at radius 2 is 1.69 bits per heavy atom. The van der Waals surface area contributed by atoms with Crippen molar-refractivity contribution >= 4 is 28.5 Å². The van der Waals surface area contributed by atoms with Crippen molar-refractivity contribution in [2.75, 3.05) is 11.1 Å². The van der Waals surface area contributed by atoms with Crippen LogP contribution in [0.15, 0.2) is 42.5 Å². The normalized spacial score (nSPS) is 14.2. The Hall–Kier alpha value is -3.62. The van der Waals surface area contributed by atoms with Crippen molar-refractivity contribution in [3.63, 3.8) is 0 Å². The maximum atomic E-state index is 14.1. The molecule has 0 spiro atoms. The molecule has 1 fully saturated rings. The molecule has 0 saturated heterocycles. The average Bonchev–Trinajstić information content (AvgIpc) is 3.50. The molecule has 1 aliphatic rings. The molecule has 0 unspecified atom stereocenters. The third-order valence-electron chi connectivity index (χ3n) is 5.45. The lowest BCUT2D eigenvalue weighted by molar-refractivity contribution is 0.221. The number of benzene rings is 2. The van der Waals surface area contributed by atoms with E-state index in [2.05, 4.69) is 20.3 Å². The highest BCUT2D eigenvalue weighted by atomic mass is 19.2. The van der Waals surface area contributed by atoms with Crippen molar-refractivity contribution in [3.05, 3.63) is 65.5 Å². The van der Waals surface area contributed by atoms with Crippen LogP contribution in [0.4, 0.5) is 30.6 Å². The van der Waals surface area contributed by atoms with Crippen LogP contribution >= 0.6 is 0 Å². The molecule has 0 amide bonds. The van der Waals surface area contributed by atoms with Gasteiger partial charge in [0.1, 0.15) is 23.1 Å². The van der Waals surface area contributed by atoms with Gasteiger partial charge in [-0.3, -0.25) is 4.57 Å². The second kappa shape index (κ2) is 7.22. The second-order valence-electron chi connectivity index (χ2n) is 8.48. The van der Waals surface area contributed by atoms with Gasteiger partial charge in [0.2, 0.25) is 5.95 Å². The minimum atomic E-state index is -1.45. The highest BCUT2D eigenvalue weighted by Crippen LogP contribution is 2.42. The molecule has 1 aliphatic carbocycles. The summed E-state index contributed by atoms with van der Waals surface area (Å²) < 4.78 is 43.6. The fourth-order valence-corrected chi connectivity index (χ4v) is 3.65. The predicted octanol–water partition coefficient (Wildman–Crippen LogP) is 5.50. The van der Waals surface area contributed by atoms with E-state index in [1.54, 1.807) is 34.9 Å². The highest BCUT2D eigenvalue weighted by molar-refractivity contribution is 5.79. The van der Waals surface area contributed by atoms with Crippen molar-refractivity contribution in [3.8, 4) is 5.82 Å². The van der Waals surface area contributed by atoms with Gasteiger partial charge in [0, 0.05) is 29.8 Å². The fraction of sp³-hybridized carbons (Fsp3) is 0.261. The van der Waals surface area contributed by atoms with Crippen LogP contribution in [0.1, 0.15) is 44.0 Å². The van der Waals surface area contributed by atoms with Crippen LogP contribution < -0.4 is 11.1 Å². The summed E-state index contributed by atoms with van der Waals surface area (Å²) in [5, 5.41) is 3.07. The second-order valence-corrected chi connectivity index (χ2v) is 8.48. The Kier molecular flexibility index (Phi) is 4.58. The Morgan fingerprint density at radius 3 is 2.34 bits per heavy atom. The van der Waals surface area contributed by atoms with Crippen LogP contribution in [0.3, 0.4) is 0 Å². The van der Waals surface area contributed by atoms with E-state index in [1.807, 2.05) is 0 Å². The topological polar surface area (TPSA) is 81.6 Å². The van der Waals surface area contributed by atoms with Crippen LogP contribution in [-0.4, -0.2) is 19.5 Å². The van der Waals surface area contributed by atoms with E-state index < -0.39 is 17.3 Å². The number of aromatic nitrogens is 4. The minimum absolute atomic E-state index is 0.192. The number of nitrogens with two attached hydrogens (primary N) is 1. The van der Waals surface area contributed by atoms with Gasteiger partial charge in [-0.25, -0.2) is 18.2 Å². The summed E-state index contributed by atoms with van der Waals surface area (Å²) in [6.07, 6.45) is 1.88. The number of hydrogen-bond acceptors (Lipinski definition) is 5. The predicted molar refractivity (Wildman–Crippen MR) is 117 cm³/mol. The summed E-state index contributed by atoms with van der Waals surface area (Å²) in [6, 6.07) is 10.6. The van der Waals surface area contributed by atoms with Gasteiger partial charge in [0.05, 0.1) is 11.0 Å². The molecule has 0 bridgehead atoms. The monoisotopic (exact) mass is 438 g/mol. The Bertz CT molecular complexity index is 1320. The summed E-state index contributed by atoms with van der Waals surface area (Å²) in [4.78, 5) is 13.3. The number of nitrogen functional groups attached to an aromatic ring is 1. The zero-order chi connectivity index (χ0) is 22.6. The number of fused-ring (bicyclic) bond motifs is 1. The lowest BCUT2D eigenvalue weighted by Crippen LogP contribution is -2.09. The van der Waals surface area contributed by atoms with Crippen molar-refractivity contribution < 1.29 is 13.2 Å². The first-order valence-electron chi connectivity index (χ1n) is 10.3. The van der Waals surface area contributed by atoms with Gasteiger partial charge in [0.25, 0.3) is 0 Å². The van der Waals surface area contributed by atoms with Crippen LogP contribution in [0, 0.1) is 11.6 Å². The number of rotatable bonds is 5. The molecule has 6 nitrogen and oxygen atoms in total. The summed E-state index contributed by atoms with van der Waals surface area (Å²) in [6.45, 7) is 2.98. The van der Waals surface area contributed by atoms with E-state index in [-0.39, 0.29) is 17.7 Å². The molecule has 3 N–H and O–H groups in total. The third kappa shape index (κ3) is 3.74. The fourth-order valence-electron chi connectivity index (χ4n) is 3.65. The first-order valence-corrected chi connectivity index (χ1v) is 10.3. The maximum Gasteiger partial charge on any atom is 0.231 e. The number of halogens is 3. The molecule has 2 heterocycles. The number of nitrogens with one attached hydrogen (secondary N) is 1. The van der Waals surface area contributed by atoms with Gasteiger partial charge in [-0.05, 0) is 44.4 Å². The van der Waals surface area contributed by atoms with E-state index >= 15 is 0 Å². The van der Waals surface area contributed by atoms with Crippen LogP contribution in [0.5, 0.6) is 0 Å². The van der Waals surface area contributed by atoms with Gasteiger partial charge in [0.15, 0.2) is 11.6 Å². The molecule has 164 valence electrons. The summed E-state index contributed by atoms with van der Waals surface area (Å²) >= 11 is 0. The molecule has 2 aromatic heterocycles. The number of alkyl halides is 1. The van der Waals surface area contributed by atoms with Crippen molar-refractivity contribution in [1.82, 2.24) is 19.5 Å². The first-order chi connectivity index (χ1) is 15.2. The largest absolute Gasteiger partial charge is 0.383 e. The zero-order valence-electron chi connectivity index (χ0n) is 17.5. The summed E-state index contributed by atoms with van der Waals surface area (Å²) in [5.41, 5.74) is 6.54. The van der Waals surface area contributed by atoms with Crippen LogP contribution in [-0.2, 0) is 5.67 Å². The highest BCUT2D eigenvalue weighted by Gasteiger charge is 2.31. The molecule has 1 saturated carbocycles. The maximum absolute atomic E-state index is 14.1. The van der Waals surface area contributed by atoms with E-state index in [9.17, 15) is 13.2 Å². The summed E-state index contributed by atoms with van der Waals surface area (Å²) in [7, 11) is 0. The smallest absolute Gasteiger partial charge is 0.231 e. The zero-order valence-corrected chi connectivity index (χ0v) is 17.5. The molecular weight excluding hydrogens is 417 g/mol. The van der Waals surface area contributed by atoms with Crippen LogP contribution in [0.25, 0.3) is 16.9 Å². The molecule has 0 atom stereocenters. The summed E-state index contributed by atoms with van der Waals surface area (Å²) in [5.74, 6) is -0.215. The number of imidazole rings is 1. The standard InChI is InChI=1S/C23H21F3N6/c1-23(2,26)13-5-7-14(8-6-13)28-22-30-19(27)11-20(31-22)32-18-10-16(25)15(24)9-17(18)29-21(32)12-3-4-12/h5-12H,3-4H2,1-2H3,(H3,27,28,30,31). The van der Waals surface area contributed by atoms with Gasteiger partial charge >= 0.3 is 0 Å². The molecule has 0 radical (unpaired) electrons. The third-order valence-corrected chi connectivity index (χ3v) is 5.45. The van der Waals surface area contributed by atoms with Crippen molar-refractivity contribution in [2.45, 2.75) is 38.3 Å². The van der Waals surface area contributed by atoms with E-state index in [4.69, 9.17) is 5.73 Å². The lowest BCUT2D eigenvalue weighted by Gasteiger charge is -2.15. The lowest BCUT2D eigenvalue weighted by atomic mass is 10.0. The van der Waals surface area contributed by atoms with Gasteiger partial charge in [-0.15, -0.1) is 0 Å². The molecule has 4 aromatic rings. The van der Waals surface area contributed by atoms with Crippen molar-refractivity contribution in [1.29, 1.82) is 0 Å². The molecule has 2 aromatic carbocycles. The molecule has 9 heteroatoms. The quantitative estimate of drug-likeness (QED) is 0.430.